The Hall–Kier alpha value is -1.24. The molecule has 0 unspecified atom stereocenters. The molecule has 0 spiro atoms. The number of nitrogens with one attached hydrogen (secondary N) is 1. The summed E-state index contributed by atoms with van der Waals surface area (Å²) in [6.45, 7) is 4.42. The summed E-state index contributed by atoms with van der Waals surface area (Å²) in [7, 11) is 3.96. The lowest BCUT2D eigenvalue weighted by molar-refractivity contribution is 0.267. The van der Waals surface area contributed by atoms with Gasteiger partial charge in [-0.3, -0.25) is 4.90 Å². The molecule has 0 saturated carbocycles. The summed E-state index contributed by atoms with van der Waals surface area (Å²) >= 11 is 1.69. The number of nitrogens with zero attached hydrogens (tertiary/aromatic N) is 3. The lowest BCUT2D eigenvalue weighted by Gasteiger charge is -2.13. The van der Waals surface area contributed by atoms with Crippen molar-refractivity contribution >= 4 is 11.3 Å². The van der Waals surface area contributed by atoms with Gasteiger partial charge < -0.3 is 9.84 Å². The van der Waals surface area contributed by atoms with Gasteiger partial charge in [0.2, 0.25) is 0 Å². The second-order valence-corrected chi connectivity index (χ2v) is 5.29. The van der Waals surface area contributed by atoms with E-state index in [9.17, 15) is 0 Å². The van der Waals surface area contributed by atoms with Crippen molar-refractivity contribution < 1.29 is 4.52 Å². The largest absolute Gasteiger partial charge is 0.360 e. The summed E-state index contributed by atoms with van der Waals surface area (Å²) in [5, 5.41) is 7.05. The van der Waals surface area contributed by atoms with Crippen LogP contribution in [-0.4, -0.2) is 29.1 Å². The number of aromatic nitrogens is 2. The van der Waals surface area contributed by atoms with Crippen LogP contribution in [0.15, 0.2) is 16.1 Å². The molecule has 18 heavy (non-hydrogen) atoms. The quantitative estimate of drug-likeness (QED) is 0.864. The van der Waals surface area contributed by atoms with Crippen LogP contribution < -0.4 is 5.32 Å². The van der Waals surface area contributed by atoms with Crippen LogP contribution in [0.4, 0.5) is 0 Å². The molecule has 0 aliphatic carbocycles. The minimum atomic E-state index is 0.737. The van der Waals surface area contributed by atoms with Crippen LogP contribution in [0.2, 0.25) is 0 Å². The van der Waals surface area contributed by atoms with Gasteiger partial charge in [-0.1, -0.05) is 5.16 Å². The summed E-state index contributed by atoms with van der Waals surface area (Å²) in [6.07, 6.45) is 0. The molecule has 5 nitrogen and oxygen atoms in total. The third kappa shape index (κ3) is 3.38. The first kappa shape index (κ1) is 13.2. The first-order valence-corrected chi connectivity index (χ1v) is 6.73. The van der Waals surface area contributed by atoms with Crippen LogP contribution in [0.25, 0.3) is 0 Å². The first-order chi connectivity index (χ1) is 8.69. The summed E-state index contributed by atoms with van der Waals surface area (Å²) in [4.78, 5) is 7.75. The van der Waals surface area contributed by atoms with E-state index in [0.717, 1.165) is 36.8 Å². The molecule has 2 aromatic rings. The Morgan fingerprint density at radius 2 is 2.28 bits per heavy atom. The van der Waals surface area contributed by atoms with Gasteiger partial charge in [0.1, 0.15) is 0 Å². The maximum absolute atomic E-state index is 5.29. The fraction of sp³-hybridized carbons (Fsp3) is 0.500. The SMILES string of the molecule is CNCc1cc(CN(C)Cc2scnc2C)on1. The van der Waals surface area contributed by atoms with Gasteiger partial charge in [0, 0.05) is 24.0 Å². The summed E-state index contributed by atoms with van der Waals surface area (Å²) < 4.78 is 5.29. The predicted octanol–water partition coefficient (Wildman–Crippen LogP) is 1.79. The molecule has 0 aliphatic heterocycles. The predicted molar refractivity (Wildman–Crippen MR) is 71.3 cm³/mol. The zero-order chi connectivity index (χ0) is 13.0. The fourth-order valence-electron chi connectivity index (χ4n) is 1.74. The number of hydrogen-bond donors (Lipinski definition) is 1. The topological polar surface area (TPSA) is 54.2 Å². The monoisotopic (exact) mass is 266 g/mol. The first-order valence-electron chi connectivity index (χ1n) is 5.85. The van der Waals surface area contributed by atoms with Crippen molar-refractivity contribution in [2.24, 2.45) is 0 Å². The Bertz CT molecular complexity index is 494. The average molecular weight is 266 g/mol. The molecule has 0 amide bonds. The molecule has 0 atom stereocenters. The molecule has 2 heterocycles. The molecule has 1 N–H and O–H groups in total. The van der Waals surface area contributed by atoms with Crippen LogP contribution in [-0.2, 0) is 19.6 Å². The van der Waals surface area contributed by atoms with E-state index < -0.39 is 0 Å². The second-order valence-electron chi connectivity index (χ2n) is 4.35. The molecule has 0 aromatic carbocycles. The normalized spacial score (nSPS) is 11.3. The van der Waals surface area contributed by atoms with E-state index in [-0.39, 0.29) is 0 Å². The number of rotatable bonds is 6. The molecule has 2 aromatic heterocycles. The minimum absolute atomic E-state index is 0.737. The number of thiazole rings is 1. The lowest BCUT2D eigenvalue weighted by atomic mass is 10.3. The van der Waals surface area contributed by atoms with Gasteiger partial charge in [0.25, 0.3) is 0 Å². The summed E-state index contributed by atoms with van der Waals surface area (Å²) in [5.74, 6) is 0.893. The molecule has 6 heteroatoms. The Kier molecular flexibility index (Phi) is 4.46. The van der Waals surface area contributed by atoms with E-state index >= 15 is 0 Å². The molecule has 2 rings (SSSR count). The maximum Gasteiger partial charge on any atom is 0.151 e. The standard InChI is InChI=1S/C12H18N4OS/c1-9-12(18-8-14-9)7-16(3)6-11-4-10(5-13-2)15-17-11/h4,8,13H,5-7H2,1-3H3. The van der Waals surface area contributed by atoms with Crippen molar-refractivity contribution in [3.63, 3.8) is 0 Å². The van der Waals surface area contributed by atoms with Crippen LogP contribution >= 0.6 is 11.3 Å². The zero-order valence-electron chi connectivity index (χ0n) is 10.9. The second kappa shape index (κ2) is 6.08. The van der Waals surface area contributed by atoms with Crippen molar-refractivity contribution in [1.29, 1.82) is 0 Å². The van der Waals surface area contributed by atoms with Gasteiger partial charge in [-0.2, -0.15) is 0 Å². The third-order valence-corrected chi connectivity index (χ3v) is 3.57. The van der Waals surface area contributed by atoms with Crippen LogP contribution in [0.3, 0.4) is 0 Å². The highest BCUT2D eigenvalue weighted by Crippen LogP contribution is 2.15. The Morgan fingerprint density at radius 3 is 2.94 bits per heavy atom. The van der Waals surface area contributed by atoms with Crippen molar-refractivity contribution in [1.82, 2.24) is 20.4 Å². The van der Waals surface area contributed by atoms with E-state index in [2.05, 4.69) is 27.4 Å². The van der Waals surface area contributed by atoms with Crippen LogP contribution in [0, 0.1) is 6.92 Å². The molecular formula is C12H18N4OS. The molecule has 0 bridgehead atoms. The third-order valence-electron chi connectivity index (χ3n) is 2.65. The van der Waals surface area contributed by atoms with E-state index in [1.165, 1.54) is 4.88 Å². The van der Waals surface area contributed by atoms with Gasteiger partial charge in [0.05, 0.1) is 23.4 Å². The van der Waals surface area contributed by atoms with Gasteiger partial charge in [0.15, 0.2) is 5.76 Å². The van der Waals surface area contributed by atoms with Gasteiger partial charge in [-0.25, -0.2) is 4.98 Å². The summed E-state index contributed by atoms with van der Waals surface area (Å²) in [6, 6.07) is 1.99. The summed E-state index contributed by atoms with van der Waals surface area (Å²) in [5.41, 5.74) is 3.94. The van der Waals surface area contributed by atoms with Gasteiger partial charge >= 0.3 is 0 Å². The van der Waals surface area contributed by atoms with Gasteiger partial charge in [-0.15, -0.1) is 11.3 Å². The van der Waals surface area contributed by atoms with Crippen molar-refractivity contribution in [2.45, 2.75) is 26.6 Å². The zero-order valence-corrected chi connectivity index (χ0v) is 11.8. The molecule has 0 aliphatic rings. The molecular weight excluding hydrogens is 248 g/mol. The molecule has 0 fully saturated rings. The van der Waals surface area contributed by atoms with Crippen molar-refractivity contribution in [3.05, 3.63) is 33.6 Å². The number of aryl methyl sites for hydroxylation is 1. The van der Waals surface area contributed by atoms with E-state index in [1.54, 1.807) is 11.3 Å². The highest BCUT2D eigenvalue weighted by atomic mass is 32.1. The van der Waals surface area contributed by atoms with Crippen molar-refractivity contribution in [2.75, 3.05) is 14.1 Å². The minimum Gasteiger partial charge on any atom is -0.360 e. The Morgan fingerprint density at radius 1 is 1.44 bits per heavy atom. The van der Waals surface area contributed by atoms with E-state index in [1.807, 2.05) is 25.5 Å². The smallest absolute Gasteiger partial charge is 0.151 e. The lowest BCUT2D eigenvalue weighted by Crippen LogP contribution is -2.16. The van der Waals surface area contributed by atoms with E-state index in [4.69, 9.17) is 4.52 Å². The van der Waals surface area contributed by atoms with Crippen molar-refractivity contribution in [3.8, 4) is 0 Å². The number of hydrogen-bond acceptors (Lipinski definition) is 6. The maximum atomic E-state index is 5.29. The van der Waals surface area contributed by atoms with Crippen LogP contribution in [0.5, 0.6) is 0 Å². The van der Waals surface area contributed by atoms with E-state index in [0.29, 0.717) is 0 Å². The average Bonchev–Trinajstić information content (AvgIpc) is 2.90. The highest BCUT2D eigenvalue weighted by molar-refractivity contribution is 7.09. The molecule has 0 saturated heterocycles. The fourth-order valence-corrected chi connectivity index (χ4v) is 2.60. The van der Waals surface area contributed by atoms with Gasteiger partial charge in [-0.05, 0) is 21.0 Å². The Labute approximate surface area is 111 Å². The molecule has 98 valence electrons. The highest BCUT2D eigenvalue weighted by Gasteiger charge is 2.09. The molecule has 0 radical (unpaired) electrons. The van der Waals surface area contributed by atoms with Crippen LogP contribution in [0.1, 0.15) is 22.0 Å². The Balaban J connectivity index is 1.90.